The van der Waals surface area contributed by atoms with E-state index in [0.29, 0.717) is 6.61 Å². The van der Waals surface area contributed by atoms with Crippen molar-refractivity contribution in [3.8, 4) is 0 Å². The average Bonchev–Trinajstić information content (AvgIpc) is 2.10. The van der Waals surface area contributed by atoms with Crippen molar-refractivity contribution in [2.75, 3.05) is 19.3 Å². The first kappa shape index (κ1) is 12.7. The van der Waals surface area contributed by atoms with E-state index < -0.39 is 12.0 Å². The van der Waals surface area contributed by atoms with E-state index >= 15 is 0 Å². The van der Waals surface area contributed by atoms with Gasteiger partial charge in [0.15, 0.2) is 0 Å². The van der Waals surface area contributed by atoms with Crippen LogP contribution in [0.4, 0.5) is 0 Å². The maximum Gasteiger partial charge on any atom is 0.323 e. The summed E-state index contributed by atoms with van der Waals surface area (Å²) in [6.07, 6.45) is 0. The molecule has 0 rings (SSSR count). The molecule has 13 heavy (non-hydrogen) atoms. The molecule has 0 fully saturated rings. The van der Waals surface area contributed by atoms with E-state index in [1.165, 1.54) is 0 Å². The Hall–Kier alpha value is -0.320. The van der Waals surface area contributed by atoms with Crippen LogP contribution in [-0.4, -0.2) is 31.3 Å². The van der Waals surface area contributed by atoms with Gasteiger partial charge in [0.1, 0.15) is 18.7 Å². The van der Waals surface area contributed by atoms with Gasteiger partial charge in [0.25, 0.3) is 0 Å². The lowest BCUT2D eigenvalue weighted by Crippen LogP contribution is -2.37. The molecule has 1 atom stereocenters. The Morgan fingerprint density at radius 2 is 2.08 bits per heavy atom. The summed E-state index contributed by atoms with van der Waals surface area (Å²) < 4.78 is 9.59. The van der Waals surface area contributed by atoms with Gasteiger partial charge in [0.2, 0.25) is 0 Å². The van der Waals surface area contributed by atoms with Crippen molar-refractivity contribution in [1.29, 1.82) is 0 Å². The average molecular weight is 210 g/mol. The van der Waals surface area contributed by atoms with Gasteiger partial charge in [-0.25, -0.2) is 0 Å². The third-order valence-corrected chi connectivity index (χ3v) is 1.69. The fourth-order valence-corrected chi connectivity index (χ4v) is 0.733. The number of hydrogen-bond donors (Lipinski definition) is 1. The van der Waals surface area contributed by atoms with Gasteiger partial charge in [-0.2, -0.15) is 0 Å². The highest BCUT2D eigenvalue weighted by atomic mass is 35.5. The summed E-state index contributed by atoms with van der Waals surface area (Å²) in [5, 5.41) is 0. The summed E-state index contributed by atoms with van der Waals surface area (Å²) in [7, 11) is 0. The molecule has 0 aliphatic carbocycles. The minimum atomic E-state index is -0.559. The third kappa shape index (κ3) is 5.85. The van der Waals surface area contributed by atoms with E-state index in [2.05, 4.69) is 0 Å². The molecule has 2 N–H and O–H groups in total. The van der Waals surface area contributed by atoms with Gasteiger partial charge in [-0.1, -0.05) is 25.4 Å². The molecule has 0 unspecified atom stereocenters. The van der Waals surface area contributed by atoms with Crippen molar-refractivity contribution >= 4 is 17.6 Å². The lowest BCUT2D eigenvalue weighted by atomic mass is 10.1. The predicted octanol–water partition coefficient (Wildman–Crippen LogP) is 0.726. The summed E-state index contributed by atoms with van der Waals surface area (Å²) in [4.78, 5) is 11.1. The number of carbonyl (C=O) groups excluding carboxylic acids is 1. The van der Waals surface area contributed by atoms with E-state index in [-0.39, 0.29) is 18.6 Å². The Morgan fingerprint density at radius 3 is 2.54 bits per heavy atom. The van der Waals surface area contributed by atoms with Crippen molar-refractivity contribution in [2.24, 2.45) is 11.7 Å². The van der Waals surface area contributed by atoms with Gasteiger partial charge in [0.05, 0.1) is 6.61 Å². The second-order valence-electron chi connectivity index (χ2n) is 2.95. The molecule has 0 saturated heterocycles. The maximum atomic E-state index is 11.1. The van der Waals surface area contributed by atoms with Gasteiger partial charge in [-0.3, -0.25) is 4.79 Å². The number of halogens is 1. The third-order valence-electron chi connectivity index (χ3n) is 1.54. The number of ether oxygens (including phenoxy) is 2. The zero-order valence-electron chi connectivity index (χ0n) is 7.96. The standard InChI is InChI=1S/C8H16ClNO3/c1-6(2)7(10)8(11)13-4-3-12-5-9/h6-7H,3-5,10H2,1-2H3/t7-/m0/s1. The summed E-state index contributed by atoms with van der Waals surface area (Å²) >= 11 is 5.24. The first-order valence-electron chi connectivity index (χ1n) is 4.15. The van der Waals surface area contributed by atoms with Crippen molar-refractivity contribution in [3.63, 3.8) is 0 Å². The Labute approximate surface area is 83.3 Å². The van der Waals surface area contributed by atoms with Crippen molar-refractivity contribution in [1.82, 2.24) is 0 Å². The second kappa shape index (κ2) is 7.12. The maximum absolute atomic E-state index is 11.1. The summed E-state index contributed by atoms with van der Waals surface area (Å²) in [5.41, 5.74) is 5.53. The van der Waals surface area contributed by atoms with Crippen molar-refractivity contribution in [3.05, 3.63) is 0 Å². The van der Waals surface area contributed by atoms with Gasteiger partial charge in [-0.05, 0) is 5.92 Å². The molecule has 0 aromatic heterocycles. The molecule has 0 aromatic carbocycles. The molecule has 0 aromatic rings. The number of rotatable bonds is 6. The molecule has 0 aliphatic rings. The summed E-state index contributed by atoms with van der Waals surface area (Å²) in [6.45, 7) is 4.23. The van der Waals surface area contributed by atoms with Gasteiger partial charge in [-0.15, -0.1) is 0 Å². The van der Waals surface area contributed by atoms with Crippen LogP contribution in [-0.2, 0) is 14.3 Å². The first-order valence-corrected chi connectivity index (χ1v) is 4.69. The molecule has 0 heterocycles. The number of alkyl halides is 1. The van der Waals surface area contributed by atoms with Crippen molar-refractivity contribution < 1.29 is 14.3 Å². The highest BCUT2D eigenvalue weighted by molar-refractivity contribution is 6.17. The molecule has 0 spiro atoms. The molecule has 0 radical (unpaired) electrons. The van der Waals surface area contributed by atoms with E-state index in [9.17, 15) is 4.79 Å². The van der Waals surface area contributed by atoms with Gasteiger partial charge < -0.3 is 15.2 Å². The van der Waals surface area contributed by atoms with Crippen molar-refractivity contribution in [2.45, 2.75) is 19.9 Å². The van der Waals surface area contributed by atoms with Crippen LogP contribution in [0.1, 0.15) is 13.8 Å². The van der Waals surface area contributed by atoms with E-state index in [1.54, 1.807) is 0 Å². The molecular formula is C8H16ClNO3. The van der Waals surface area contributed by atoms with E-state index in [4.69, 9.17) is 26.8 Å². The Morgan fingerprint density at radius 1 is 1.46 bits per heavy atom. The SMILES string of the molecule is CC(C)[C@H](N)C(=O)OCCOCCl. The molecular weight excluding hydrogens is 194 g/mol. The minimum absolute atomic E-state index is 0.0847. The highest BCUT2D eigenvalue weighted by Crippen LogP contribution is 2.00. The first-order chi connectivity index (χ1) is 6.09. The van der Waals surface area contributed by atoms with E-state index in [0.717, 1.165) is 0 Å². The van der Waals surface area contributed by atoms with Gasteiger partial charge >= 0.3 is 5.97 Å². The fourth-order valence-electron chi connectivity index (χ4n) is 0.624. The van der Waals surface area contributed by atoms with Crippen LogP contribution >= 0.6 is 11.6 Å². The molecule has 0 saturated carbocycles. The van der Waals surface area contributed by atoms with Gasteiger partial charge in [0, 0.05) is 0 Å². The van der Waals surface area contributed by atoms with Crippen LogP contribution in [0.25, 0.3) is 0 Å². The van der Waals surface area contributed by atoms with Crippen LogP contribution in [0.3, 0.4) is 0 Å². The smallest absolute Gasteiger partial charge is 0.323 e. The predicted molar refractivity (Wildman–Crippen MR) is 50.4 cm³/mol. The normalized spacial score (nSPS) is 13.0. The van der Waals surface area contributed by atoms with Crippen LogP contribution in [0, 0.1) is 5.92 Å². The minimum Gasteiger partial charge on any atom is -0.462 e. The highest BCUT2D eigenvalue weighted by Gasteiger charge is 2.18. The van der Waals surface area contributed by atoms with Crippen LogP contribution < -0.4 is 5.73 Å². The van der Waals surface area contributed by atoms with Crippen LogP contribution in [0.15, 0.2) is 0 Å². The Balaban J connectivity index is 3.50. The lowest BCUT2D eigenvalue weighted by Gasteiger charge is -2.14. The number of esters is 1. The monoisotopic (exact) mass is 209 g/mol. The largest absolute Gasteiger partial charge is 0.462 e. The summed E-state index contributed by atoms with van der Waals surface area (Å²) in [6, 6.07) is -0.454. The number of hydrogen-bond acceptors (Lipinski definition) is 4. The number of nitrogens with two attached hydrogens (primary N) is 1. The lowest BCUT2D eigenvalue weighted by molar-refractivity contribution is -0.147. The van der Waals surface area contributed by atoms with Crippen LogP contribution in [0.5, 0.6) is 0 Å². The number of carbonyl (C=O) groups is 1. The Bertz CT molecular complexity index is 152. The molecule has 5 heteroatoms. The second-order valence-corrected chi connectivity index (χ2v) is 3.17. The summed E-state index contributed by atoms with van der Waals surface area (Å²) in [5.74, 6) is -0.311. The van der Waals surface area contributed by atoms with Crippen LogP contribution in [0.2, 0.25) is 0 Å². The zero-order chi connectivity index (χ0) is 10.3. The molecule has 0 bridgehead atoms. The fraction of sp³-hybridized carbons (Fsp3) is 0.875. The van der Waals surface area contributed by atoms with E-state index in [1.807, 2.05) is 13.8 Å². The molecule has 0 amide bonds. The molecule has 78 valence electrons. The molecule has 4 nitrogen and oxygen atoms in total. The topological polar surface area (TPSA) is 61.6 Å². The molecule has 0 aliphatic heterocycles. The zero-order valence-corrected chi connectivity index (χ0v) is 8.71. The Kier molecular flexibility index (Phi) is 6.94. The quantitative estimate of drug-likeness (QED) is 0.398.